The van der Waals surface area contributed by atoms with E-state index in [0.29, 0.717) is 17.2 Å². The zero-order valence-corrected chi connectivity index (χ0v) is 20.2. The van der Waals surface area contributed by atoms with Crippen molar-refractivity contribution in [2.75, 3.05) is 25.7 Å². The molecule has 1 fully saturated rings. The molecule has 0 unspecified atom stereocenters. The normalized spacial score (nSPS) is 20.3. The molecule has 1 N–H and O–H groups in total. The largest absolute Gasteiger partial charge is 0.493 e. The van der Waals surface area contributed by atoms with E-state index in [1.807, 2.05) is 19.9 Å². The molecule has 2 aromatic carbocycles. The van der Waals surface area contributed by atoms with Crippen molar-refractivity contribution in [1.29, 1.82) is 0 Å². The quantitative estimate of drug-likeness (QED) is 0.579. The first kappa shape index (κ1) is 24.3. The van der Waals surface area contributed by atoms with Gasteiger partial charge in [0.15, 0.2) is 31.2 Å². The smallest absolute Gasteiger partial charge is 0.183 e. The van der Waals surface area contributed by atoms with Gasteiger partial charge in [0.1, 0.15) is 5.75 Å². The fraction of sp³-hybridized carbons (Fsp3) is 0.455. The minimum absolute atomic E-state index is 0.0393. The van der Waals surface area contributed by atoms with Crippen molar-refractivity contribution in [3.63, 3.8) is 0 Å². The number of benzene rings is 2. The Morgan fingerprint density at radius 1 is 1.00 bits per heavy atom. The van der Waals surface area contributed by atoms with Crippen LogP contribution in [0.25, 0.3) is 0 Å². The van der Waals surface area contributed by atoms with Crippen LogP contribution < -0.4 is 19.5 Å². The van der Waals surface area contributed by atoms with Gasteiger partial charge in [0, 0.05) is 12.6 Å². The topological polar surface area (TPSA) is 108 Å². The van der Waals surface area contributed by atoms with Crippen molar-refractivity contribution in [2.24, 2.45) is 0 Å². The van der Waals surface area contributed by atoms with Crippen molar-refractivity contribution in [1.82, 2.24) is 5.32 Å². The van der Waals surface area contributed by atoms with Crippen LogP contribution in [0.2, 0.25) is 0 Å². The molecule has 0 bridgehead atoms. The molecule has 0 radical (unpaired) electrons. The number of methoxy groups -OCH3 is 2. The van der Waals surface area contributed by atoms with Crippen molar-refractivity contribution in [2.45, 2.75) is 42.7 Å². The average molecular weight is 484 g/mol. The Bertz CT molecular complexity index is 1140. The Morgan fingerprint density at radius 2 is 1.66 bits per heavy atom. The first-order chi connectivity index (χ1) is 15.1. The van der Waals surface area contributed by atoms with Gasteiger partial charge in [0.05, 0.1) is 42.0 Å². The van der Waals surface area contributed by atoms with Crippen LogP contribution in [-0.2, 0) is 26.2 Å². The van der Waals surface area contributed by atoms with Crippen molar-refractivity contribution in [3.05, 3.63) is 48.0 Å². The van der Waals surface area contributed by atoms with Gasteiger partial charge in [-0.3, -0.25) is 0 Å². The standard InChI is InChI=1S/C22H29NO7S2/c1-15(2)30-17-6-8-18(9-7-17)32(26,27)22-14-31(24,25)13-19(22)23-12-16-5-10-20(28-3)21(11-16)29-4/h5-11,15,19,22-23H,12-14H2,1-4H3/t19-,22-/m0/s1. The van der Waals surface area contributed by atoms with Crippen LogP contribution in [0, 0.1) is 0 Å². The second-order valence-electron chi connectivity index (χ2n) is 7.98. The van der Waals surface area contributed by atoms with Crippen LogP contribution in [0.1, 0.15) is 19.4 Å². The zero-order chi connectivity index (χ0) is 23.5. The Balaban J connectivity index is 1.80. The van der Waals surface area contributed by atoms with E-state index in [-0.39, 0.29) is 23.3 Å². The maximum Gasteiger partial charge on any atom is 0.183 e. The number of sulfone groups is 2. The molecule has 0 aliphatic carbocycles. The summed E-state index contributed by atoms with van der Waals surface area (Å²) < 4.78 is 67.3. The third-order valence-electron chi connectivity index (χ3n) is 5.24. The molecule has 176 valence electrons. The molecule has 1 aliphatic rings. The summed E-state index contributed by atoms with van der Waals surface area (Å²) in [5.74, 6) is 1.02. The fourth-order valence-electron chi connectivity index (χ4n) is 3.71. The Morgan fingerprint density at radius 3 is 2.25 bits per heavy atom. The minimum Gasteiger partial charge on any atom is -0.493 e. The Hall–Kier alpha value is -2.30. The lowest BCUT2D eigenvalue weighted by Gasteiger charge is -2.20. The lowest BCUT2D eigenvalue weighted by atomic mass is 10.1. The zero-order valence-electron chi connectivity index (χ0n) is 18.6. The van der Waals surface area contributed by atoms with Gasteiger partial charge in [-0.05, 0) is 55.8 Å². The number of rotatable bonds is 9. The monoisotopic (exact) mass is 483 g/mol. The molecular formula is C22H29NO7S2. The van der Waals surface area contributed by atoms with Gasteiger partial charge < -0.3 is 19.5 Å². The number of ether oxygens (including phenoxy) is 3. The molecule has 32 heavy (non-hydrogen) atoms. The number of hydrogen-bond acceptors (Lipinski definition) is 8. The first-order valence-electron chi connectivity index (χ1n) is 10.2. The first-order valence-corrected chi connectivity index (χ1v) is 13.6. The van der Waals surface area contributed by atoms with Gasteiger partial charge in [-0.25, -0.2) is 16.8 Å². The van der Waals surface area contributed by atoms with Crippen LogP contribution in [-0.4, -0.2) is 60.0 Å². The van der Waals surface area contributed by atoms with Gasteiger partial charge in [-0.2, -0.15) is 0 Å². The van der Waals surface area contributed by atoms with E-state index in [1.54, 1.807) is 24.3 Å². The van der Waals surface area contributed by atoms with Crippen molar-refractivity contribution < 1.29 is 31.0 Å². The Kier molecular flexibility index (Phi) is 7.36. The molecule has 0 aromatic heterocycles. The molecular weight excluding hydrogens is 454 g/mol. The second-order valence-corrected chi connectivity index (χ2v) is 12.3. The summed E-state index contributed by atoms with van der Waals surface area (Å²) in [6.45, 7) is 4.04. The lowest BCUT2D eigenvalue weighted by molar-refractivity contribution is 0.242. The van der Waals surface area contributed by atoms with E-state index >= 15 is 0 Å². The predicted octanol–water partition coefficient (Wildman–Crippen LogP) is 2.22. The van der Waals surface area contributed by atoms with Gasteiger partial charge >= 0.3 is 0 Å². The molecule has 0 amide bonds. The fourth-order valence-corrected chi connectivity index (χ4v) is 8.42. The van der Waals surface area contributed by atoms with Crippen LogP contribution in [0.15, 0.2) is 47.4 Å². The molecule has 2 atom stereocenters. The highest BCUT2D eigenvalue weighted by atomic mass is 32.2. The number of hydrogen-bond donors (Lipinski definition) is 1. The number of nitrogens with one attached hydrogen (secondary N) is 1. The summed E-state index contributed by atoms with van der Waals surface area (Å²) in [7, 11) is -4.31. The minimum atomic E-state index is -3.87. The maximum absolute atomic E-state index is 13.3. The van der Waals surface area contributed by atoms with Gasteiger partial charge in [-0.1, -0.05) is 6.07 Å². The summed E-state index contributed by atoms with van der Waals surface area (Å²) in [5, 5.41) is 2.05. The van der Waals surface area contributed by atoms with Crippen LogP contribution in [0.3, 0.4) is 0 Å². The third kappa shape index (κ3) is 5.54. The molecule has 1 saturated heterocycles. The highest BCUT2D eigenvalue weighted by Crippen LogP contribution is 2.29. The summed E-state index contributed by atoms with van der Waals surface area (Å²) in [4.78, 5) is 0.0774. The molecule has 1 aliphatic heterocycles. The van der Waals surface area contributed by atoms with E-state index < -0.39 is 36.7 Å². The SMILES string of the molecule is COc1ccc(CN[C@H]2CS(=O)(=O)C[C@@H]2S(=O)(=O)c2ccc(OC(C)C)cc2)cc1OC. The van der Waals surface area contributed by atoms with Gasteiger partial charge in [0.25, 0.3) is 0 Å². The molecule has 8 nitrogen and oxygen atoms in total. The highest BCUT2D eigenvalue weighted by molar-refractivity contribution is 7.96. The van der Waals surface area contributed by atoms with Crippen molar-refractivity contribution in [3.8, 4) is 17.2 Å². The molecule has 10 heteroatoms. The predicted molar refractivity (Wildman–Crippen MR) is 122 cm³/mol. The van der Waals surface area contributed by atoms with Crippen molar-refractivity contribution >= 4 is 19.7 Å². The third-order valence-corrected chi connectivity index (χ3v) is 9.41. The molecule has 0 spiro atoms. The molecule has 0 saturated carbocycles. The van der Waals surface area contributed by atoms with Gasteiger partial charge in [0.2, 0.25) is 0 Å². The molecule has 2 aromatic rings. The van der Waals surface area contributed by atoms with E-state index in [4.69, 9.17) is 14.2 Å². The van der Waals surface area contributed by atoms with Crippen LogP contribution in [0.5, 0.6) is 17.2 Å². The summed E-state index contributed by atoms with van der Waals surface area (Å²) in [6.07, 6.45) is -0.0393. The van der Waals surface area contributed by atoms with Gasteiger partial charge in [-0.15, -0.1) is 0 Å². The Labute approximate surface area is 189 Å². The average Bonchev–Trinajstić information content (AvgIpc) is 3.07. The van der Waals surface area contributed by atoms with E-state index in [0.717, 1.165) is 5.56 Å². The summed E-state index contributed by atoms with van der Waals surface area (Å²) >= 11 is 0. The molecule has 3 rings (SSSR count). The van der Waals surface area contributed by atoms with Crippen LogP contribution >= 0.6 is 0 Å². The van der Waals surface area contributed by atoms with E-state index in [1.165, 1.54) is 26.4 Å². The van der Waals surface area contributed by atoms with E-state index in [9.17, 15) is 16.8 Å². The molecule has 1 heterocycles. The summed E-state index contributed by atoms with van der Waals surface area (Å²) in [6, 6.07) is 10.7. The van der Waals surface area contributed by atoms with Crippen LogP contribution in [0.4, 0.5) is 0 Å². The lowest BCUT2D eigenvalue weighted by Crippen LogP contribution is -2.43. The maximum atomic E-state index is 13.3. The summed E-state index contributed by atoms with van der Waals surface area (Å²) in [5.41, 5.74) is 0.818. The van der Waals surface area contributed by atoms with E-state index in [2.05, 4.69) is 5.32 Å². The highest BCUT2D eigenvalue weighted by Gasteiger charge is 2.45. The second kappa shape index (κ2) is 9.68.